The Morgan fingerprint density at radius 3 is 2.68 bits per heavy atom. The smallest absolute Gasteiger partial charge is 0.346 e. The SMILES string of the molecule is CC[C@@H](C(=O)NCCn1nc(-c2ccco2)n(C2CC2)c1=O)c1ccccc1. The number of benzene rings is 1. The van der Waals surface area contributed by atoms with Gasteiger partial charge < -0.3 is 9.73 Å². The van der Waals surface area contributed by atoms with Crippen molar-refractivity contribution < 1.29 is 9.21 Å². The first-order valence-corrected chi connectivity index (χ1v) is 9.75. The highest BCUT2D eigenvalue weighted by Crippen LogP contribution is 2.36. The van der Waals surface area contributed by atoms with Crippen molar-refractivity contribution in [3.63, 3.8) is 0 Å². The fraction of sp³-hybridized carbons (Fsp3) is 0.381. The lowest BCUT2D eigenvalue weighted by molar-refractivity contribution is -0.122. The number of rotatable bonds is 8. The Morgan fingerprint density at radius 2 is 2.04 bits per heavy atom. The van der Waals surface area contributed by atoms with Crippen LogP contribution in [0.5, 0.6) is 0 Å². The average molecular weight is 380 g/mol. The molecule has 0 bridgehead atoms. The Morgan fingerprint density at radius 1 is 1.25 bits per heavy atom. The van der Waals surface area contributed by atoms with E-state index in [4.69, 9.17) is 4.42 Å². The van der Waals surface area contributed by atoms with Gasteiger partial charge in [-0.3, -0.25) is 9.36 Å². The second-order valence-corrected chi connectivity index (χ2v) is 7.07. The van der Waals surface area contributed by atoms with E-state index in [9.17, 15) is 9.59 Å². The molecule has 1 atom stereocenters. The molecule has 1 amide bonds. The summed E-state index contributed by atoms with van der Waals surface area (Å²) in [7, 11) is 0. The monoisotopic (exact) mass is 380 g/mol. The molecule has 2 aromatic heterocycles. The molecule has 1 saturated carbocycles. The van der Waals surface area contributed by atoms with Crippen LogP contribution in [0.25, 0.3) is 11.6 Å². The van der Waals surface area contributed by atoms with Crippen molar-refractivity contribution in [2.75, 3.05) is 6.54 Å². The van der Waals surface area contributed by atoms with E-state index in [2.05, 4.69) is 10.4 Å². The molecule has 0 saturated heterocycles. The normalized spacial score (nSPS) is 14.8. The molecular formula is C21H24N4O3. The molecule has 7 nitrogen and oxygen atoms in total. The predicted molar refractivity (Wildman–Crippen MR) is 105 cm³/mol. The molecule has 0 radical (unpaired) electrons. The van der Waals surface area contributed by atoms with Crippen LogP contribution in [-0.4, -0.2) is 26.8 Å². The minimum atomic E-state index is -0.194. The van der Waals surface area contributed by atoms with Crippen molar-refractivity contribution in [1.82, 2.24) is 19.7 Å². The van der Waals surface area contributed by atoms with Crippen LogP contribution in [0.15, 0.2) is 57.9 Å². The summed E-state index contributed by atoms with van der Waals surface area (Å²) in [5, 5.41) is 7.40. The number of amides is 1. The zero-order valence-corrected chi connectivity index (χ0v) is 15.9. The van der Waals surface area contributed by atoms with Crippen LogP contribution in [-0.2, 0) is 11.3 Å². The third kappa shape index (κ3) is 3.65. The molecule has 146 valence electrons. The van der Waals surface area contributed by atoms with Gasteiger partial charge in [0, 0.05) is 12.6 Å². The van der Waals surface area contributed by atoms with Crippen LogP contribution in [0.1, 0.15) is 43.7 Å². The number of carbonyl (C=O) groups is 1. The first-order chi connectivity index (χ1) is 13.7. The highest BCUT2D eigenvalue weighted by atomic mass is 16.3. The number of hydrogen-bond acceptors (Lipinski definition) is 4. The van der Waals surface area contributed by atoms with E-state index in [1.807, 2.05) is 37.3 Å². The second kappa shape index (κ2) is 7.88. The quantitative estimate of drug-likeness (QED) is 0.651. The number of aromatic nitrogens is 3. The van der Waals surface area contributed by atoms with Gasteiger partial charge >= 0.3 is 5.69 Å². The molecule has 0 unspecified atom stereocenters. The van der Waals surface area contributed by atoms with Crippen molar-refractivity contribution in [3.8, 4) is 11.6 Å². The van der Waals surface area contributed by atoms with E-state index in [1.54, 1.807) is 23.0 Å². The summed E-state index contributed by atoms with van der Waals surface area (Å²) < 4.78 is 8.56. The summed E-state index contributed by atoms with van der Waals surface area (Å²) in [6.07, 6.45) is 4.25. The molecular weight excluding hydrogens is 356 g/mol. The van der Waals surface area contributed by atoms with Crippen LogP contribution in [0.4, 0.5) is 0 Å². The zero-order chi connectivity index (χ0) is 19.5. The third-order valence-electron chi connectivity index (χ3n) is 5.07. The molecule has 0 spiro atoms. The largest absolute Gasteiger partial charge is 0.461 e. The highest BCUT2D eigenvalue weighted by Gasteiger charge is 2.31. The fourth-order valence-electron chi connectivity index (χ4n) is 3.47. The summed E-state index contributed by atoms with van der Waals surface area (Å²) >= 11 is 0. The maximum atomic E-state index is 12.8. The lowest BCUT2D eigenvalue weighted by Crippen LogP contribution is -2.34. The van der Waals surface area contributed by atoms with Crippen LogP contribution in [0, 0.1) is 0 Å². The van der Waals surface area contributed by atoms with Crippen molar-refractivity contribution in [2.24, 2.45) is 0 Å². The topological polar surface area (TPSA) is 82.1 Å². The minimum absolute atomic E-state index is 0.0327. The van der Waals surface area contributed by atoms with E-state index in [1.165, 1.54) is 4.68 Å². The van der Waals surface area contributed by atoms with Gasteiger partial charge in [0.2, 0.25) is 11.7 Å². The average Bonchev–Trinajstić information content (AvgIpc) is 3.28. The summed E-state index contributed by atoms with van der Waals surface area (Å²) in [6.45, 7) is 2.67. The molecule has 1 aromatic carbocycles. The van der Waals surface area contributed by atoms with E-state index in [0.29, 0.717) is 24.7 Å². The van der Waals surface area contributed by atoms with E-state index in [-0.39, 0.29) is 23.6 Å². The van der Waals surface area contributed by atoms with Gasteiger partial charge in [0.15, 0.2) is 5.76 Å². The zero-order valence-electron chi connectivity index (χ0n) is 15.9. The summed E-state index contributed by atoms with van der Waals surface area (Å²) in [6, 6.07) is 13.5. The number of nitrogens with zero attached hydrogens (tertiary/aromatic N) is 3. The molecule has 1 aliphatic carbocycles. The Bertz CT molecular complexity index is 985. The van der Waals surface area contributed by atoms with Gasteiger partial charge in [-0.05, 0) is 37.0 Å². The first-order valence-electron chi connectivity index (χ1n) is 9.75. The fourth-order valence-corrected chi connectivity index (χ4v) is 3.47. The number of carbonyl (C=O) groups excluding carboxylic acids is 1. The van der Waals surface area contributed by atoms with E-state index in [0.717, 1.165) is 24.8 Å². The standard InChI is InChI=1S/C21H24N4O3/c1-2-17(15-7-4-3-5-8-15)20(26)22-12-13-24-21(27)25(16-10-11-16)19(23-24)18-9-6-14-28-18/h3-9,14,16-17H,2,10-13H2,1H3,(H,22,26)/t17-/m1/s1. The van der Waals surface area contributed by atoms with Crippen LogP contribution in [0.2, 0.25) is 0 Å². The molecule has 0 aliphatic heterocycles. The molecule has 3 aromatic rings. The molecule has 1 N–H and O–H groups in total. The number of furan rings is 1. The van der Waals surface area contributed by atoms with Crippen LogP contribution < -0.4 is 11.0 Å². The summed E-state index contributed by atoms with van der Waals surface area (Å²) in [4.78, 5) is 25.4. The molecule has 7 heteroatoms. The maximum absolute atomic E-state index is 12.8. The Labute approximate surface area is 163 Å². The minimum Gasteiger partial charge on any atom is -0.461 e. The number of hydrogen-bond donors (Lipinski definition) is 1. The van der Waals surface area contributed by atoms with Gasteiger partial charge in [0.25, 0.3) is 0 Å². The van der Waals surface area contributed by atoms with Crippen molar-refractivity contribution in [2.45, 2.75) is 44.7 Å². The second-order valence-electron chi connectivity index (χ2n) is 7.07. The van der Waals surface area contributed by atoms with Gasteiger partial charge in [-0.2, -0.15) is 0 Å². The molecule has 2 heterocycles. The maximum Gasteiger partial charge on any atom is 0.346 e. The predicted octanol–water partition coefficient (Wildman–Crippen LogP) is 2.95. The van der Waals surface area contributed by atoms with Crippen LogP contribution in [0.3, 0.4) is 0 Å². The third-order valence-corrected chi connectivity index (χ3v) is 5.07. The van der Waals surface area contributed by atoms with Gasteiger partial charge in [-0.1, -0.05) is 37.3 Å². The summed E-state index contributed by atoms with van der Waals surface area (Å²) in [5.41, 5.74) is 0.844. The van der Waals surface area contributed by atoms with E-state index >= 15 is 0 Å². The lowest BCUT2D eigenvalue weighted by Gasteiger charge is -2.15. The van der Waals surface area contributed by atoms with Gasteiger partial charge in [-0.15, -0.1) is 5.10 Å². The highest BCUT2D eigenvalue weighted by molar-refractivity contribution is 5.83. The molecule has 28 heavy (non-hydrogen) atoms. The van der Waals surface area contributed by atoms with Gasteiger partial charge in [-0.25, -0.2) is 9.48 Å². The van der Waals surface area contributed by atoms with E-state index < -0.39 is 0 Å². The Kier molecular flexibility index (Phi) is 5.14. The van der Waals surface area contributed by atoms with Gasteiger partial charge in [0.1, 0.15) is 0 Å². The van der Waals surface area contributed by atoms with Crippen molar-refractivity contribution in [3.05, 3.63) is 64.8 Å². The number of nitrogens with one attached hydrogen (secondary N) is 1. The van der Waals surface area contributed by atoms with Gasteiger partial charge in [0.05, 0.1) is 18.7 Å². The Balaban J connectivity index is 1.45. The van der Waals surface area contributed by atoms with Crippen molar-refractivity contribution >= 4 is 5.91 Å². The summed E-state index contributed by atoms with van der Waals surface area (Å²) in [5.74, 6) is 0.914. The first kappa shape index (κ1) is 18.3. The molecule has 1 fully saturated rings. The van der Waals surface area contributed by atoms with Crippen molar-refractivity contribution in [1.29, 1.82) is 0 Å². The van der Waals surface area contributed by atoms with Crippen LogP contribution >= 0.6 is 0 Å². The molecule has 1 aliphatic rings. The molecule has 4 rings (SSSR count). The lowest BCUT2D eigenvalue weighted by atomic mass is 9.96. The Hall–Kier alpha value is -3.09.